The first-order valence-electron chi connectivity index (χ1n) is 4.03. The van der Waals surface area contributed by atoms with Gasteiger partial charge in [0.05, 0.1) is 0 Å². The van der Waals surface area contributed by atoms with E-state index < -0.39 is 6.10 Å². The van der Waals surface area contributed by atoms with Crippen molar-refractivity contribution in [3.63, 3.8) is 0 Å². The molecule has 0 saturated heterocycles. The second-order valence-corrected chi connectivity index (χ2v) is 3.09. The summed E-state index contributed by atoms with van der Waals surface area (Å²) in [6, 6.07) is 1.90. The Hall–Kier alpha value is -0.830. The van der Waals surface area contributed by atoms with Gasteiger partial charge in [0.15, 0.2) is 0 Å². The third-order valence-corrected chi connectivity index (χ3v) is 2.37. The van der Waals surface area contributed by atoms with Crippen LogP contribution < -0.4 is 0 Å². The molecule has 1 N–H and O–H groups in total. The molecule has 3 heteroatoms. The summed E-state index contributed by atoms with van der Waals surface area (Å²) in [6.45, 7) is 0. The Morgan fingerprint density at radius 3 is 3.00 bits per heavy atom. The zero-order valence-electron chi connectivity index (χ0n) is 6.29. The van der Waals surface area contributed by atoms with Gasteiger partial charge in [0, 0.05) is 17.8 Å². The van der Waals surface area contributed by atoms with E-state index in [1.165, 1.54) is 0 Å². The van der Waals surface area contributed by atoms with Crippen LogP contribution in [0.2, 0.25) is 0 Å². The van der Waals surface area contributed by atoms with E-state index >= 15 is 0 Å². The second kappa shape index (κ2) is 2.66. The van der Waals surface area contributed by atoms with Gasteiger partial charge in [-0.15, -0.1) is 0 Å². The highest BCUT2D eigenvalue weighted by molar-refractivity contribution is 5.09. The maximum absolute atomic E-state index is 11.3. The van der Waals surface area contributed by atoms with Crippen LogP contribution >= 0.6 is 0 Å². The van der Waals surface area contributed by atoms with Gasteiger partial charge >= 0.3 is 0 Å². The van der Waals surface area contributed by atoms with Crippen molar-refractivity contribution in [3.8, 4) is 0 Å². The van der Waals surface area contributed by atoms with Crippen LogP contribution in [0.25, 0.3) is 0 Å². The highest BCUT2D eigenvalue weighted by Crippen LogP contribution is 2.33. The third kappa shape index (κ3) is 1.16. The molecule has 1 fully saturated rings. The van der Waals surface area contributed by atoms with Gasteiger partial charge in [-0.25, -0.2) is 5.11 Å². The molecule has 59 valence electrons. The lowest BCUT2D eigenvalue weighted by atomic mass is 10.0. The topological polar surface area (TPSA) is 48.6 Å². The van der Waals surface area contributed by atoms with Gasteiger partial charge in [0.2, 0.25) is 0 Å². The fraction of sp³-hybridized carbons (Fsp3) is 0.625. The highest BCUT2D eigenvalue weighted by atomic mass is 16.3. The van der Waals surface area contributed by atoms with Crippen LogP contribution in [-0.4, -0.2) is 16.3 Å². The van der Waals surface area contributed by atoms with Crippen LogP contribution in [0.5, 0.6) is 0 Å². The zero-order chi connectivity index (χ0) is 7.68. The lowest BCUT2D eigenvalue weighted by Crippen LogP contribution is -2.09. The first kappa shape index (κ1) is 6.85. The quantitative estimate of drug-likeness (QED) is 0.649. The number of H-pyrrole nitrogens is 1. The van der Waals surface area contributed by atoms with Gasteiger partial charge in [-0.2, -0.15) is 5.10 Å². The Morgan fingerprint density at radius 1 is 1.55 bits per heavy atom. The molecule has 1 saturated carbocycles. The zero-order valence-corrected chi connectivity index (χ0v) is 6.29. The molecule has 1 aromatic heterocycles. The van der Waals surface area contributed by atoms with E-state index in [9.17, 15) is 5.11 Å². The maximum Gasteiger partial charge on any atom is 0.101 e. The van der Waals surface area contributed by atoms with Gasteiger partial charge in [-0.1, -0.05) is 0 Å². The summed E-state index contributed by atoms with van der Waals surface area (Å²) < 4.78 is 0. The molecule has 0 amide bonds. The van der Waals surface area contributed by atoms with Crippen molar-refractivity contribution >= 4 is 0 Å². The molecular weight excluding hydrogens is 140 g/mol. The van der Waals surface area contributed by atoms with Crippen molar-refractivity contribution in [2.45, 2.75) is 31.3 Å². The van der Waals surface area contributed by atoms with E-state index in [1.54, 1.807) is 6.20 Å². The average Bonchev–Trinajstić information content (AvgIpc) is 2.55. The second-order valence-electron chi connectivity index (χ2n) is 3.09. The summed E-state index contributed by atoms with van der Waals surface area (Å²) >= 11 is 0. The number of aromatic amines is 1. The molecule has 0 spiro atoms. The Bertz CT molecular complexity index is 220. The number of rotatable bonds is 1. The minimum Gasteiger partial charge on any atom is -0.282 e. The van der Waals surface area contributed by atoms with E-state index in [4.69, 9.17) is 0 Å². The standard InChI is InChI=1S/C8H11N2O/c11-8-3-1-2-6(8)7-4-5-9-10-7/h4-6,8H,1-3H2,(H,9,10). The Labute approximate surface area is 65.4 Å². The van der Waals surface area contributed by atoms with Crippen LogP contribution in [0.1, 0.15) is 30.9 Å². The fourth-order valence-electron chi connectivity index (χ4n) is 1.75. The molecule has 1 aliphatic rings. The maximum atomic E-state index is 11.3. The van der Waals surface area contributed by atoms with Gasteiger partial charge in [-0.05, 0) is 25.3 Å². The Morgan fingerprint density at radius 2 is 2.45 bits per heavy atom. The largest absolute Gasteiger partial charge is 0.282 e. The van der Waals surface area contributed by atoms with Gasteiger partial charge < -0.3 is 0 Å². The minimum absolute atomic E-state index is 0.192. The summed E-state index contributed by atoms with van der Waals surface area (Å²) in [5.74, 6) is 0.192. The van der Waals surface area contributed by atoms with Crippen molar-refractivity contribution in [2.75, 3.05) is 0 Å². The Balaban J connectivity index is 2.16. The lowest BCUT2D eigenvalue weighted by molar-refractivity contribution is 0.0793. The molecular formula is C8H11N2O. The predicted molar refractivity (Wildman–Crippen MR) is 39.7 cm³/mol. The molecule has 1 radical (unpaired) electrons. The van der Waals surface area contributed by atoms with E-state index in [0.29, 0.717) is 0 Å². The van der Waals surface area contributed by atoms with Crippen molar-refractivity contribution < 1.29 is 5.11 Å². The van der Waals surface area contributed by atoms with Crippen molar-refractivity contribution in [2.24, 2.45) is 0 Å². The molecule has 11 heavy (non-hydrogen) atoms. The SMILES string of the molecule is [O]C1CCCC1c1ccn[nH]1. The molecule has 2 rings (SSSR count). The molecule has 1 heterocycles. The van der Waals surface area contributed by atoms with Crippen molar-refractivity contribution in [1.82, 2.24) is 10.2 Å². The van der Waals surface area contributed by atoms with Crippen LogP contribution in [0.3, 0.4) is 0 Å². The summed E-state index contributed by atoms with van der Waals surface area (Å²) in [5.41, 5.74) is 1.02. The van der Waals surface area contributed by atoms with Crippen molar-refractivity contribution in [1.29, 1.82) is 0 Å². The predicted octanol–water partition coefficient (Wildman–Crippen LogP) is 1.48. The van der Waals surface area contributed by atoms with Crippen LogP contribution in [0.4, 0.5) is 0 Å². The molecule has 0 aromatic carbocycles. The normalized spacial score (nSPS) is 31.0. The molecule has 0 aliphatic heterocycles. The molecule has 1 aromatic rings. The molecule has 2 atom stereocenters. The van der Waals surface area contributed by atoms with Crippen molar-refractivity contribution in [3.05, 3.63) is 18.0 Å². The summed E-state index contributed by atoms with van der Waals surface area (Å²) in [5, 5.41) is 18.0. The number of nitrogens with zero attached hydrogens (tertiary/aromatic N) is 1. The fourth-order valence-corrected chi connectivity index (χ4v) is 1.75. The summed E-state index contributed by atoms with van der Waals surface area (Å²) in [4.78, 5) is 0. The summed E-state index contributed by atoms with van der Waals surface area (Å²) in [6.07, 6.45) is 4.22. The summed E-state index contributed by atoms with van der Waals surface area (Å²) in [7, 11) is 0. The first-order chi connectivity index (χ1) is 5.38. The number of nitrogens with one attached hydrogen (secondary N) is 1. The minimum atomic E-state index is -0.407. The lowest BCUT2D eigenvalue weighted by Gasteiger charge is -2.08. The number of hydrogen-bond acceptors (Lipinski definition) is 1. The van der Waals surface area contributed by atoms with E-state index in [0.717, 1.165) is 25.0 Å². The van der Waals surface area contributed by atoms with E-state index in [2.05, 4.69) is 10.2 Å². The first-order valence-corrected chi connectivity index (χ1v) is 4.03. The van der Waals surface area contributed by atoms with Crippen LogP contribution in [0, 0.1) is 0 Å². The molecule has 2 unspecified atom stereocenters. The third-order valence-electron chi connectivity index (χ3n) is 2.37. The molecule has 3 nitrogen and oxygen atoms in total. The number of aromatic nitrogens is 2. The smallest absolute Gasteiger partial charge is 0.101 e. The van der Waals surface area contributed by atoms with Crippen LogP contribution in [-0.2, 0) is 5.11 Å². The van der Waals surface area contributed by atoms with Gasteiger partial charge in [-0.3, -0.25) is 5.10 Å². The van der Waals surface area contributed by atoms with Crippen LogP contribution in [0.15, 0.2) is 12.3 Å². The monoisotopic (exact) mass is 151 g/mol. The highest BCUT2D eigenvalue weighted by Gasteiger charge is 2.28. The average molecular weight is 151 g/mol. The van der Waals surface area contributed by atoms with E-state index in [1.807, 2.05) is 6.07 Å². The van der Waals surface area contributed by atoms with Gasteiger partial charge in [0.1, 0.15) is 6.10 Å². The molecule has 1 aliphatic carbocycles. The molecule has 0 bridgehead atoms. The Kier molecular flexibility index (Phi) is 1.66. The van der Waals surface area contributed by atoms with Gasteiger partial charge in [0.25, 0.3) is 0 Å². The van der Waals surface area contributed by atoms with E-state index in [-0.39, 0.29) is 5.92 Å². The number of hydrogen-bond donors (Lipinski definition) is 1.